The summed E-state index contributed by atoms with van der Waals surface area (Å²) in [6, 6.07) is 15.0. The molecule has 0 aliphatic carbocycles. The summed E-state index contributed by atoms with van der Waals surface area (Å²) in [5.74, 6) is 1.55. The van der Waals surface area contributed by atoms with Crippen LogP contribution in [-0.2, 0) is 9.53 Å². The molecule has 32 heavy (non-hydrogen) atoms. The van der Waals surface area contributed by atoms with E-state index in [2.05, 4.69) is 15.5 Å². The van der Waals surface area contributed by atoms with Crippen LogP contribution in [0.4, 0.5) is 0 Å². The van der Waals surface area contributed by atoms with E-state index in [4.69, 9.17) is 21.1 Å². The number of hydrogen-bond donors (Lipinski definition) is 1. The van der Waals surface area contributed by atoms with Crippen LogP contribution in [0.2, 0.25) is 5.02 Å². The fourth-order valence-corrected chi connectivity index (χ4v) is 3.84. The molecule has 1 N–H and O–H groups in total. The Labute approximate surface area is 197 Å². The third kappa shape index (κ3) is 6.72. The first kappa shape index (κ1) is 24.1. The van der Waals surface area contributed by atoms with Gasteiger partial charge in [-0.2, -0.15) is 0 Å². The van der Waals surface area contributed by atoms with Crippen molar-refractivity contribution >= 4 is 29.3 Å². The maximum absolute atomic E-state index is 12.3. The lowest BCUT2D eigenvalue weighted by Gasteiger charge is -2.11. The molecule has 2 aromatic carbocycles. The van der Waals surface area contributed by atoms with Gasteiger partial charge in [-0.25, -0.2) is 0 Å². The summed E-state index contributed by atoms with van der Waals surface area (Å²) in [6.45, 7) is 5.18. The molecule has 0 atom stereocenters. The zero-order valence-corrected chi connectivity index (χ0v) is 19.9. The van der Waals surface area contributed by atoms with Crippen molar-refractivity contribution in [2.75, 3.05) is 26.0 Å². The van der Waals surface area contributed by atoms with Gasteiger partial charge < -0.3 is 14.8 Å². The molecule has 1 amide bonds. The molecule has 0 aliphatic rings. The minimum absolute atomic E-state index is 0.0619. The SMILES string of the molecule is COc1cccc(-c2nnc(SCC(=O)NCCCOC(C)C)n2-c2ccc(Cl)cc2)c1. The summed E-state index contributed by atoms with van der Waals surface area (Å²) in [5, 5.41) is 12.9. The summed E-state index contributed by atoms with van der Waals surface area (Å²) < 4.78 is 12.8. The van der Waals surface area contributed by atoms with Gasteiger partial charge in [-0.1, -0.05) is 35.5 Å². The van der Waals surface area contributed by atoms with Crippen molar-refractivity contribution in [3.63, 3.8) is 0 Å². The van der Waals surface area contributed by atoms with Crippen molar-refractivity contribution in [2.24, 2.45) is 0 Å². The van der Waals surface area contributed by atoms with Gasteiger partial charge >= 0.3 is 0 Å². The third-order valence-corrected chi connectivity index (χ3v) is 5.65. The molecule has 170 valence electrons. The molecular formula is C23H27ClN4O3S. The van der Waals surface area contributed by atoms with E-state index in [0.717, 1.165) is 23.4 Å². The Kier molecular flexibility index (Phi) is 8.96. The van der Waals surface area contributed by atoms with Crippen LogP contribution in [0.5, 0.6) is 5.75 Å². The molecule has 1 heterocycles. The van der Waals surface area contributed by atoms with Crippen LogP contribution in [0.15, 0.2) is 53.7 Å². The van der Waals surface area contributed by atoms with Crippen molar-refractivity contribution in [1.29, 1.82) is 0 Å². The van der Waals surface area contributed by atoms with Gasteiger partial charge in [0.1, 0.15) is 5.75 Å². The summed E-state index contributed by atoms with van der Waals surface area (Å²) in [7, 11) is 1.62. The molecular weight excluding hydrogens is 448 g/mol. The van der Waals surface area contributed by atoms with Gasteiger partial charge in [-0.3, -0.25) is 9.36 Å². The molecule has 0 aliphatic heterocycles. The highest BCUT2D eigenvalue weighted by Crippen LogP contribution is 2.30. The molecule has 9 heteroatoms. The van der Waals surface area contributed by atoms with Crippen molar-refractivity contribution in [3.8, 4) is 22.8 Å². The second-order valence-electron chi connectivity index (χ2n) is 7.26. The van der Waals surface area contributed by atoms with Gasteiger partial charge in [-0.05, 0) is 56.7 Å². The van der Waals surface area contributed by atoms with Crippen LogP contribution in [0.1, 0.15) is 20.3 Å². The molecule has 1 aromatic heterocycles. The number of thioether (sulfide) groups is 1. The largest absolute Gasteiger partial charge is 0.497 e. The maximum atomic E-state index is 12.3. The number of carbonyl (C=O) groups is 1. The van der Waals surface area contributed by atoms with E-state index < -0.39 is 0 Å². The van der Waals surface area contributed by atoms with Gasteiger partial charge in [-0.15, -0.1) is 10.2 Å². The van der Waals surface area contributed by atoms with Crippen molar-refractivity contribution in [3.05, 3.63) is 53.6 Å². The number of ether oxygens (including phenoxy) is 2. The average molecular weight is 475 g/mol. The Bertz CT molecular complexity index is 1020. The molecule has 0 saturated heterocycles. The lowest BCUT2D eigenvalue weighted by Crippen LogP contribution is -2.27. The van der Waals surface area contributed by atoms with Crippen molar-refractivity contribution < 1.29 is 14.3 Å². The first-order chi connectivity index (χ1) is 15.5. The van der Waals surface area contributed by atoms with Gasteiger partial charge in [0.25, 0.3) is 0 Å². The lowest BCUT2D eigenvalue weighted by molar-refractivity contribution is -0.118. The van der Waals surface area contributed by atoms with Crippen LogP contribution in [0.3, 0.4) is 0 Å². The van der Waals surface area contributed by atoms with Crippen LogP contribution in [0, 0.1) is 0 Å². The number of carbonyl (C=O) groups excluding carboxylic acids is 1. The van der Waals surface area contributed by atoms with Gasteiger partial charge in [0.05, 0.1) is 19.0 Å². The summed E-state index contributed by atoms with van der Waals surface area (Å²) >= 11 is 7.41. The highest BCUT2D eigenvalue weighted by Gasteiger charge is 2.18. The number of nitrogens with one attached hydrogen (secondary N) is 1. The second-order valence-corrected chi connectivity index (χ2v) is 8.64. The van der Waals surface area contributed by atoms with E-state index in [1.165, 1.54) is 11.8 Å². The molecule has 0 unspecified atom stereocenters. The molecule has 0 saturated carbocycles. The predicted molar refractivity (Wildman–Crippen MR) is 128 cm³/mol. The quantitative estimate of drug-likeness (QED) is 0.322. The summed E-state index contributed by atoms with van der Waals surface area (Å²) in [4.78, 5) is 12.3. The summed E-state index contributed by atoms with van der Waals surface area (Å²) in [5.41, 5.74) is 1.71. The Morgan fingerprint density at radius 2 is 1.97 bits per heavy atom. The number of halogens is 1. The average Bonchev–Trinajstić information content (AvgIpc) is 3.22. The van der Waals surface area contributed by atoms with E-state index in [1.54, 1.807) is 7.11 Å². The minimum Gasteiger partial charge on any atom is -0.497 e. The smallest absolute Gasteiger partial charge is 0.230 e. The molecule has 7 nitrogen and oxygen atoms in total. The monoisotopic (exact) mass is 474 g/mol. The number of benzene rings is 2. The van der Waals surface area contributed by atoms with Gasteiger partial charge in [0, 0.05) is 29.4 Å². The number of aromatic nitrogens is 3. The first-order valence-corrected chi connectivity index (χ1v) is 11.7. The normalized spacial score (nSPS) is 11.0. The van der Waals surface area contributed by atoms with E-state index in [1.807, 2.05) is 66.9 Å². The van der Waals surface area contributed by atoms with Crippen molar-refractivity contribution in [1.82, 2.24) is 20.1 Å². The van der Waals surface area contributed by atoms with Crippen LogP contribution >= 0.6 is 23.4 Å². The Hall–Kier alpha value is -2.55. The molecule has 0 fully saturated rings. The van der Waals surface area contributed by atoms with E-state index in [-0.39, 0.29) is 17.8 Å². The standard InChI is InChI=1S/C23H27ClN4O3S/c1-16(2)31-13-5-12-25-21(29)15-32-23-27-26-22(17-6-4-7-20(14-17)30-3)28(23)19-10-8-18(24)9-11-19/h4,6-11,14,16H,5,12-13,15H2,1-3H3,(H,25,29). The third-order valence-electron chi connectivity index (χ3n) is 4.47. The Balaban J connectivity index is 1.75. The molecule has 0 radical (unpaired) electrons. The number of rotatable bonds is 11. The lowest BCUT2D eigenvalue weighted by atomic mass is 10.2. The van der Waals surface area contributed by atoms with E-state index in [9.17, 15) is 4.79 Å². The fourth-order valence-electron chi connectivity index (χ4n) is 2.94. The summed E-state index contributed by atoms with van der Waals surface area (Å²) in [6.07, 6.45) is 0.967. The number of hydrogen-bond acceptors (Lipinski definition) is 6. The molecule has 0 bridgehead atoms. The highest BCUT2D eigenvalue weighted by atomic mass is 35.5. The maximum Gasteiger partial charge on any atom is 0.230 e. The number of amides is 1. The molecule has 3 rings (SSSR count). The minimum atomic E-state index is -0.0619. The predicted octanol–water partition coefficient (Wildman–Crippen LogP) is 4.62. The Morgan fingerprint density at radius 3 is 2.69 bits per heavy atom. The highest BCUT2D eigenvalue weighted by molar-refractivity contribution is 7.99. The zero-order valence-electron chi connectivity index (χ0n) is 18.4. The van der Waals surface area contributed by atoms with Gasteiger partial charge in [0.15, 0.2) is 11.0 Å². The Morgan fingerprint density at radius 1 is 1.19 bits per heavy atom. The topological polar surface area (TPSA) is 78.3 Å². The fraction of sp³-hybridized carbons (Fsp3) is 0.348. The van der Waals surface area contributed by atoms with Crippen LogP contribution < -0.4 is 10.1 Å². The van der Waals surface area contributed by atoms with Crippen LogP contribution in [0.25, 0.3) is 17.1 Å². The number of nitrogens with zero attached hydrogens (tertiary/aromatic N) is 3. The number of methoxy groups -OCH3 is 1. The second kappa shape index (κ2) is 11.9. The van der Waals surface area contributed by atoms with Gasteiger partial charge in [0.2, 0.25) is 5.91 Å². The molecule has 3 aromatic rings. The van der Waals surface area contributed by atoms with E-state index >= 15 is 0 Å². The van der Waals surface area contributed by atoms with Crippen LogP contribution in [-0.4, -0.2) is 52.8 Å². The molecule has 0 spiro atoms. The van der Waals surface area contributed by atoms with E-state index in [0.29, 0.717) is 29.2 Å². The first-order valence-electron chi connectivity index (χ1n) is 10.3. The van der Waals surface area contributed by atoms with Crippen molar-refractivity contribution in [2.45, 2.75) is 31.5 Å². The zero-order chi connectivity index (χ0) is 22.9.